The van der Waals surface area contributed by atoms with E-state index in [1.54, 1.807) is 0 Å². The summed E-state index contributed by atoms with van der Waals surface area (Å²) in [5, 5.41) is 11.5. The maximum atomic E-state index is 12.0. The SMILES string of the molecule is CC(=O)N[C@@H](CS(=O)(=O)Cc1ccc(Cl)cc1Cl)C(=O)O. The van der Waals surface area contributed by atoms with Crippen molar-refractivity contribution in [2.45, 2.75) is 18.7 Å². The van der Waals surface area contributed by atoms with E-state index in [4.69, 9.17) is 28.3 Å². The second-order valence-corrected chi connectivity index (χ2v) is 7.33. The molecule has 0 saturated heterocycles. The van der Waals surface area contributed by atoms with E-state index in [9.17, 15) is 18.0 Å². The number of amides is 1. The van der Waals surface area contributed by atoms with E-state index in [-0.39, 0.29) is 5.02 Å². The molecule has 1 amide bonds. The zero-order valence-electron chi connectivity index (χ0n) is 11.0. The Morgan fingerprint density at radius 2 is 1.95 bits per heavy atom. The van der Waals surface area contributed by atoms with Crippen LogP contribution in [0.4, 0.5) is 0 Å². The molecule has 9 heteroatoms. The Morgan fingerprint density at radius 1 is 1.33 bits per heavy atom. The standard InChI is InChI=1S/C12H13Cl2NO5S/c1-7(16)15-11(12(17)18)6-21(19,20)5-8-2-3-9(13)4-10(8)14/h2-4,11H,5-6H2,1H3,(H,15,16)(H,17,18)/t11-/m0/s1. The molecule has 1 rings (SSSR count). The lowest BCUT2D eigenvalue weighted by Gasteiger charge is -2.14. The van der Waals surface area contributed by atoms with Crippen LogP contribution in [-0.4, -0.2) is 37.2 Å². The predicted octanol–water partition coefficient (Wildman–Crippen LogP) is 1.50. The molecule has 1 aromatic carbocycles. The van der Waals surface area contributed by atoms with Crippen molar-refractivity contribution in [1.82, 2.24) is 5.32 Å². The average Bonchev–Trinajstić information content (AvgIpc) is 2.31. The number of carbonyl (C=O) groups is 2. The number of hydrogen-bond acceptors (Lipinski definition) is 4. The third-order valence-electron chi connectivity index (χ3n) is 2.49. The number of halogens is 2. The molecule has 21 heavy (non-hydrogen) atoms. The number of sulfone groups is 1. The van der Waals surface area contributed by atoms with Gasteiger partial charge < -0.3 is 10.4 Å². The topological polar surface area (TPSA) is 101 Å². The zero-order valence-corrected chi connectivity index (χ0v) is 13.3. The summed E-state index contributed by atoms with van der Waals surface area (Å²) in [6.07, 6.45) is 0. The van der Waals surface area contributed by atoms with Crippen molar-refractivity contribution < 1.29 is 23.1 Å². The lowest BCUT2D eigenvalue weighted by molar-refractivity contribution is -0.140. The lowest BCUT2D eigenvalue weighted by Crippen LogP contribution is -2.44. The van der Waals surface area contributed by atoms with Crippen LogP contribution in [0.25, 0.3) is 0 Å². The molecule has 116 valence electrons. The highest BCUT2D eigenvalue weighted by Gasteiger charge is 2.26. The molecule has 1 atom stereocenters. The molecular formula is C12H13Cl2NO5S. The summed E-state index contributed by atoms with van der Waals surface area (Å²) in [5.74, 6) is -3.20. The number of aliphatic carboxylic acids is 1. The van der Waals surface area contributed by atoms with Crippen molar-refractivity contribution in [3.8, 4) is 0 Å². The lowest BCUT2D eigenvalue weighted by atomic mass is 10.2. The van der Waals surface area contributed by atoms with Crippen LogP contribution in [0, 0.1) is 0 Å². The van der Waals surface area contributed by atoms with Gasteiger partial charge in [0.15, 0.2) is 9.84 Å². The highest BCUT2D eigenvalue weighted by Crippen LogP contribution is 2.23. The van der Waals surface area contributed by atoms with Crippen LogP contribution in [-0.2, 0) is 25.2 Å². The molecule has 0 aliphatic heterocycles. The number of carboxylic acid groups (broad SMARTS) is 1. The van der Waals surface area contributed by atoms with Crippen LogP contribution in [0.2, 0.25) is 10.0 Å². The van der Waals surface area contributed by atoms with E-state index in [0.29, 0.717) is 10.6 Å². The van der Waals surface area contributed by atoms with Gasteiger partial charge in [-0.05, 0) is 17.7 Å². The van der Waals surface area contributed by atoms with Crippen molar-refractivity contribution >= 4 is 44.9 Å². The number of carbonyl (C=O) groups excluding carboxylic acids is 1. The molecule has 6 nitrogen and oxygen atoms in total. The average molecular weight is 354 g/mol. The quantitative estimate of drug-likeness (QED) is 0.806. The molecule has 0 aromatic heterocycles. The second-order valence-electron chi connectivity index (χ2n) is 4.38. The molecule has 0 aliphatic rings. The molecule has 0 spiro atoms. The molecule has 2 N–H and O–H groups in total. The van der Waals surface area contributed by atoms with Crippen LogP contribution < -0.4 is 5.32 Å². The third kappa shape index (κ3) is 5.91. The van der Waals surface area contributed by atoms with Gasteiger partial charge in [0, 0.05) is 17.0 Å². The van der Waals surface area contributed by atoms with E-state index in [1.807, 2.05) is 0 Å². The van der Waals surface area contributed by atoms with Gasteiger partial charge in [-0.25, -0.2) is 13.2 Å². The monoisotopic (exact) mass is 353 g/mol. The molecule has 0 aliphatic carbocycles. The minimum absolute atomic E-state index is 0.178. The Labute approximate surface area is 132 Å². The van der Waals surface area contributed by atoms with Gasteiger partial charge in [-0.1, -0.05) is 29.3 Å². The minimum atomic E-state index is -3.78. The molecular weight excluding hydrogens is 341 g/mol. The fourth-order valence-electron chi connectivity index (χ4n) is 1.61. The Hall–Kier alpha value is -1.31. The van der Waals surface area contributed by atoms with Crippen molar-refractivity contribution in [3.63, 3.8) is 0 Å². The summed E-state index contributed by atoms with van der Waals surface area (Å²) in [6, 6.07) is 2.84. The molecule has 0 unspecified atom stereocenters. The van der Waals surface area contributed by atoms with Gasteiger partial charge in [0.2, 0.25) is 5.91 Å². The first-order chi connectivity index (χ1) is 9.60. The summed E-state index contributed by atoms with van der Waals surface area (Å²) in [7, 11) is -3.78. The molecule has 0 saturated carbocycles. The molecule has 0 heterocycles. The summed E-state index contributed by atoms with van der Waals surface area (Å²) in [4.78, 5) is 21.8. The smallest absolute Gasteiger partial charge is 0.327 e. The first-order valence-corrected chi connectivity index (χ1v) is 8.32. The third-order valence-corrected chi connectivity index (χ3v) is 4.67. The Balaban J connectivity index is 2.90. The van der Waals surface area contributed by atoms with Gasteiger partial charge in [-0.3, -0.25) is 4.79 Å². The normalized spacial score (nSPS) is 12.7. The van der Waals surface area contributed by atoms with Gasteiger partial charge >= 0.3 is 5.97 Å². The van der Waals surface area contributed by atoms with Gasteiger partial charge in [0.05, 0.1) is 11.5 Å². The van der Waals surface area contributed by atoms with Gasteiger partial charge in [0.1, 0.15) is 6.04 Å². The Bertz CT molecular complexity index is 660. The van der Waals surface area contributed by atoms with E-state index in [0.717, 1.165) is 6.92 Å². The fourth-order valence-corrected chi connectivity index (χ4v) is 3.74. The molecule has 1 aromatic rings. The van der Waals surface area contributed by atoms with Crippen LogP contribution in [0.3, 0.4) is 0 Å². The largest absolute Gasteiger partial charge is 0.480 e. The summed E-state index contributed by atoms with van der Waals surface area (Å²) in [5.41, 5.74) is 0.313. The number of carboxylic acids is 1. The maximum absolute atomic E-state index is 12.0. The number of hydrogen-bond donors (Lipinski definition) is 2. The van der Waals surface area contributed by atoms with Crippen molar-refractivity contribution in [3.05, 3.63) is 33.8 Å². The predicted molar refractivity (Wildman–Crippen MR) is 79.2 cm³/mol. The van der Waals surface area contributed by atoms with Crippen LogP contribution in [0.5, 0.6) is 0 Å². The minimum Gasteiger partial charge on any atom is -0.480 e. The fraction of sp³-hybridized carbons (Fsp3) is 0.333. The molecule has 0 fully saturated rings. The zero-order chi connectivity index (χ0) is 16.2. The second kappa shape index (κ2) is 7.11. The van der Waals surface area contributed by atoms with Gasteiger partial charge in [-0.15, -0.1) is 0 Å². The molecule has 0 radical (unpaired) electrons. The van der Waals surface area contributed by atoms with Gasteiger partial charge in [0.25, 0.3) is 0 Å². The highest BCUT2D eigenvalue weighted by atomic mass is 35.5. The number of nitrogens with one attached hydrogen (secondary N) is 1. The first kappa shape index (κ1) is 17.7. The Kier molecular flexibility index (Phi) is 6.00. The summed E-state index contributed by atoms with van der Waals surface area (Å²) < 4.78 is 24.1. The van der Waals surface area contributed by atoms with Crippen molar-refractivity contribution in [1.29, 1.82) is 0 Å². The van der Waals surface area contributed by atoms with E-state index in [1.165, 1.54) is 18.2 Å². The van der Waals surface area contributed by atoms with Crippen LogP contribution in [0.15, 0.2) is 18.2 Å². The first-order valence-electron chi connectivity index (χ1n) is 5.75. The van der Waals surface area contributed by atoms with Crippen molar-refractivity contribution in [2.24, 2.45) is 0 Å². The van der Waals surface area contributed by atoms with Crippen LogP contribution in [0.1, 0.15) is 12.5 Å². The molecule has 0 bridgehead atoms. The van der Waals surface area contributed by atoms with E-state index >= 15 is 0 Å². The van der Waals surface area contributed by atoms with Crippen molar-refractivity contribution in [2.75, 3.05) is 5.75 Å². The number of benzene rings is 1. The number of rotatable bonds is 6. The van der Waals surface area contributed by atoms with Gasteiger partial charge in [-0.2, -0.15) is 0 Å². The van der Waals surface area contributed by atoms with E-state index in [2.05, 4.69) is 5.32 Å². The maximum Gasteiger partial charge on any atom is 0.327 e. The highest BCUT2D eigenvalue weighted by molar-refractivity contribution is 7.90. The Morgan fingerprint density at radius 3 is 2.43 bits per heavy atom. The summed E-state index contributed by atoms with van der Waals surface area (Å²) in [6.45, 7) is 1.11. The van der Waals surface area contributed by atoms with Crippen LogP contribution >= 0.6 is 23.2 Å². The van der Waals surface area contributed by atoms with E-state index < -0.39 is 39.3 Å². The summed E-state index contributed by atoms with van der Waals surface area (Å²) >= 11 is 11.6.